The summed E-state index contributed by atoms with van der Waals surface area (Å²) in [5, 5.41) is 3.33. The van der Waals surface area contributed by atoms with Gasteiger partial charge in [-0.25, -0.2) is 0 Å². The Hall–Kier alpha value is -2.57. The van der Waals surface area contributed by atoms with Gasteiger partial charge in [-0.05, 0) is 47.4 Å². The molecule has 4 aliphatic rings. The second kappa shape index (κ2) is 7.96. The molecule has 1 N–H and O–H groups in total. The van der Waals surface area contributed by atoms with Crippen molar-refractivity contribution in [1.82, 2.24) is 4.90 Å². The molecule has 3 aliphatic carbocycles. The summed E-state index contributed by atoms with van der Waals surface area (Å²) in [5.41, 5.74) is 3.13. The van der Waals surface area contributed by atoms with E-state index in [2.05, 4.69) is 5.32 Å². The van der Waals surface area contributed by atoms with Crippen molar-refractivity contribution in [2.75, 3.05) is 5.32 Å². The molecular formula is C27H18Cl4N2O3. The van der Waals surface area contributed by atoms with Crippen LogP contribution in [0.5, 0.6) is 0 Å². The zero-order valence-corrected chi connectivity index (χ0v) is 21.8. The lowest BCUT2D eigenvalue weighted by Crippen LogP contribution is -2.57. The molecule has 7 rings (SSSR count). The van der Waals surface area contributed by atoms with Crippen LogP contribution in [0.25, 0.3) is 0 Å². The SMILES string of the molecule is C[C@H](C(=O)Nc1ccc(Cl)cc1Cl)N1C(=O)[C@H]2[C@H](C1=O)C1(Cl)c3ccccc3C2(Cl)c2ccccc21. The highest BCUT2D eigenvalue weighted by atomic mass is 35.5. The van der Waals surface area contributed by atoms with E-state index in [0.717, 1.165) is 4.90 Å². The van der Waals surface area contributed by atoms with E-state index in [-0.39, 0.29) is 5.02 Å². The highest BCUT2D eigenvalue weighted by Crippen LogP contribution is 2.69. The van der Waals surface area contributed by atoms with Crippen molar-refractivity contribution >= 4 is 69.8 Å². The topological polar surface area (TPSA) is 66.5 Å². The molecule has 0 aromatic heterocycles. The highest BCUT2D eigenvalue weighted by Gasteiger charge is 2.73. The number of rotatable bonds is 3. The predicted molar refractivity (Wildman–Crippen MR) is 140 cm³/mol. The van der Waals surface area contributed by atoms with Crippen LogP contribution in [0.1, 0.15) is 29.2 Å². The summed E-state index contributed by atoms with van der Waals surface area (Å²) >= 11 is 27.0. The molecule has 3 atom stereocenters. The molecule has 5 nitrogen and oxygen atoms in total. The minimum atomic E-state index is -1.30. The molecule has 0 saturated carbocycles. The summed E-state index contributed by atoms with van der Waals surface area (Å²) in [6, 6.07) is 18.3. The van der Waals surface area contributed by atoms with E-state index in [0.29, 0.717) is 33.0 Å². The third-order valence-electron chi connectivity index (χ3n) is 7.58. The molecule has 1 heterocycles. The Bertz CT molecular complexity index is 1370. The molecule has 3 aromatic carbocycles. The molecule has 0 spiro atoms. The van der Waals surface area contributed by atoms with Crippen LogP contribution in [0.15, 0.2) is 66.7 Å². The predicted octanol–water partition coefficient (Wildman–Crippen LogP) is 5.91. The average Bonchev–Trinajstić information content (AvgIpc) is 3.14. The van der Waals surface area contributed by atoms with E-state index >= 15 is 0 Å². The minimum absolute atomic E-state index is 0.235. The first-order valence-electron chi connectivity index (χ1n) is 11.3. The number of nitrogens with zero attached hydrogens (tertiary/aromatic N) is 1. The largest absolute Gasteiger partial charge is 0.323 e. The van der Waals surface area contributed by atoms with E-state index in [1.165, 1.54) is 13.0 Å². The number of carbonyl (C=O) groups is 3. The van der Waals surface area contributed by atoms with Gasteiger partial charge in [-0.2, -0.15) is 0 Å². The Morgan fingerprint density at radius 1 is 0.833 bits per heavy atom. The standard InChI is InChI=1S/C27H18Cl4N2O3/c1-13(23(34)32-20-11-10-14(28)12-19(20)29)33-24(35)21-22(25(33)36)27(31)16-7-3-2-6-15(16)26(21,30)17-8-4-5-9-18(17)27/h2-13,21-22H,1H3,(H,32,34)/t13-,21-,22-,26?,27?/m1/s1. The van der Waals surface area contributed by atoms with Gasteiger partial charge in [0.2, 0.25) is 17.7 Å². The number of alkyl halides is 2. The van der Waals surface area contributed by atoms with Crippen molar-refractivity contribution in [3.05, 3.63) is 99.0 Å². The van der Waals surface area contributed by atoms with Crippen molar-refractivity contribution in [2.45, 2.75) is 22.7 Å². The number of hydrogen-bond donors (Lipinski definition) is 1. The monoisotopic (exact) mass is 558 g/mol. The Morgan fingerprint density at radius 3 is 1.69 bits per heavy atom. The van der Waals surface area contributed by atoms with E-state index in [9.17, 15) is 14.4 Å². The molecule has 1 aliphatic heterocycles. The summed E-state index contributed by atoms with van der Waals surface area (Å²) in [6.45, 7) is 1.50. The molecule has 0 radical (unpaired) electrons. The summed E-state index contributed by atoms with van der Waals surface area (Å²) in [6.07, 6.45) is 0. The first kappa shape index (κ1) is 23.8. The van der Waals surface area contributed by atoms with E-state index in [4.69, 9.17) is 46.4 Å². The molecule has 3 amide bonds. The van der Waals surface area contributed by atoms with Crippen LogP contribution in [0.3, 0.4) is 0 Å². The Kier molecular flexibility index (Phi) is 5.27. The molecular weight excluding hydrogens is 542 g/mol. The molecule has 2 bridgehead atoms. The van der Waals surface area contributed by atoms with Crippen LogP contribution < -0.4 is 5.32 Å². The summed E-state index contributed by atoms with van der Waals surface area (Å²) in [4.78, 5) is 39.5. The number of hydrogen-bond acceptors (Lipinski definition) is 3. The van der Waals surface area contributed by atoms with Crippen molar-refractivity contribution in [3.63, 3.8) is 0 Å². The van der Waals surface area contributed by atoms with Gasteiger partial charge in [-0.15, -0.1) is 23.2 Å². The second-order valence-corrected chi connectivity index (χ2v) is 11.3. The van der Waals surface area contributed by atoms with Gasteiger partial charge in [0.1, 0.15) is 15.8 Å². The van der Waals surface area contributed by atoms with Crippen molar-refractivity contribution < 1.29 is 14.4 Å². The molecule has 9 heteroatoms. The van der Waals surface area contributed by atoms with Gasteiger partial charge in [0.15, 0.2) is 0 Å². The number of likely N-dealkylation sites (tertiary alicyclic amines) is 1. The third kappa shape index (κ3) is 2.89. The highest BCUT2D eigenvalue weighted by molar-refractivity contribution is 6.37. The molecule has 182 valence electrons. The van der Waals surface area contributed by atoms with E-state index < -0.39 is 45.3 Å². The normalized spacial score (nSPS) is 28.4. The zero-order valence-electron chi connectivity index (χ0n) is 18.8. The Morgan fingerprint density at radius 2 is 1.28 bits per heavy atom. The minimum Gasteiger partial charge on any atom is -0.323 e. The van der Waals surface area contributed by atoms with Crippen LogP contribution in [0.4, 0.5) is 5.69 Å². The molecule has 1 fully saturated rings. The maximum absolute atomic E-state index is 14.0. The zero-order chi connectivity index (χ0) is 25.6. The fraction of sp³-hybridized carbons (Fsp3) is 0.222. The molecule has 36 heavy (non-hydrogen) atoms. The van der Waals surface area contributed by atoms with Gasteiger partial charge in [-0.1, -0.05) is 71.7 Å². The second-order valence-electron chi connectivity index (χ2n) is 9.31. The van der Waals surface area contributed by atoms with Crippen molar-refractivity contribution in [3.8, 4) is 0 Å². The number of amides is 3. The van der Waals surface area contributed by atoms with Crippen LogP contribution in [-0.4, -0.2) is 28.7 Å². The molecule has 3 aromatic rings. The van der Waals surface area contributed by atoms with Gasteiger partial charge in [0.05, 0.1) is 22.5 Å². The fourth-order valence-electron chi connectivity index (χ4n) is 6.02. The Balaban J connectivity index is 1.44. The quantitative estimate of drug-likeness (QED) is 0.320. The third-order valence-corrected chi connectivity index (χ3v) is 9.41. The van der Waals surface area contributed by atoms with Crippen LogP contribution in [-0.2, 0) is 24.1 Å². The van der Waals surface area contributed by atoms with Crippen molar-refractivity contribution in [1.29, 1.82) is 0 Å². The smallest absolute Gasteiger partial charge is 0.247 e. The fourth-order valence-corrected chi connectivity index (χ4v) is 7.57. The molecule has 1 saturated heterocycles. The average molecular weight is 560 g/mol. The maximum atomic E-state index is 14.0. The van der Waals surface area contributed by atoms with Gasteiger partial charge in [0.25, 0.3) is 0 Å². The number of imide groups is 1. The van der Waals surface area contributed by atoms with Crippen LogP contribution in [0, 0.1) is 11.8 Å². The van der Waals surface area contributed by atoms with E-state index in [1.54, 1.807) is 12.1 Å². The van der Waals surface area contributed by atoms with Crippen LogP contribution in [0.2, 0.25) is 10.0 Å². The summed E-state index contributed by atoms with van der Waals surface area (Å²) < 4.78 is 0. The maximum Gasteiger partial charge on any atom is 0.247 e. The number of halogens is 4. The van der Waals surface area contributed by atoms with E-state index in [1.807, 2.05) is 48.5 Å². The van der Waals surface area contributed by atoms with Gasteiger partial charge >= 0.3 is 0 Å². The Labute approximate surface area is 227 Å². The first-order valence-corrected chi connectivity index (χ1v) is 12.8. The van der Waals surface area contributed by atoms with Crippen LogP contribution >= 0.6 is 46.4 Å². The molecule has 0 unspecified atom stereocenters. The lowest BCUT2D eigenvalue weighted by Gasteiger charge is -2.54. The number of nitrogens with one attached hydrogen (secondary N) is 1. The summed E-state index contributed by atoms with van der Waals surface area (Å²) in [7, 11) is 0. The van der Waals surface area contributed by atoms with Crippen molar-refractivity contribution in [2.24, 2.45) is 11.8 Å². The number of anilines is 1. The van der Waals surface area contributed by atoms with Gasteiger partial charge in [0, 0.05) is 5.02 Å². The lowest BCUT2D eigenvalue weighted by molar-refractivity contribution is -0.146. The number of carbonyl (C=O) groups excluding carboxylic acids is 3. The lowest BCUT2D eigenvalue weighted by atomic mass is 9.54. The van der Waals surface area contributed by atoms with Gasteiger partial charge < -0.3 is 5.32 Å². The number of benzene rings is 3. The van der Waals surface area contributed by atoms with Gasteiger partial charge in [-0.3, -0.25) is 19.3 Å². The first-order chi connectivity index (χ1) is 17.1. The summed E-state index contributed by atoms with van der Waals surface area (Å²) in [5.74, 6) is -3.57.